The van der Waals surface area contributed by atoms with Crippen LogP contribution in [0.1, 0.15) is 32.3 Å². The van der Waals surface area contributed by atoms with E-state index in [1.165, 1.54) is 12.1 Å². The van der Waals surface area contributed by atoms with Gasteiger partial charge in [-0.05, 0) is 48.9 Å². The lowest BCUT2D eigenvalue weighted by Crippen LogP contribution is -2.22. The van der Waals surface area contributed by atoms with Crippen LogP contribution in [0, 0.1) is 11.7 Å². The standard InChI is InChI=1S/C13H19ClFN/c1-9(2)7-12(16)5-3-10-8-11(15)4-6-13(10)14/h4,6,8-9,12H,3,5,7,16H2,1-2H3. The smallest absolute Gasteiger partial charge is 0.123 e. The predicted octanol–water partition coefficient (Wildman–Crippen LogP) is 3.79. The van der Waals surface area contributed by atoms with E-state index < -0.39 is 0 Å². The van der Waals surface area contributed by atoms with Gasteiger partial charge in [-0.2, -0.15) is 0 Å². The molecule has 2 N–H and O–H groups in total. The number of aryl methyl sites for hydroxylation is 1. The molecule has 1 aromatic rings. The van der Waals surface area contributed by atoms with Crippen LogP contribution in [0.25, 0.3) is 0 Å². The maximum absolute atomic E-state index is 13.0. The number of hydrogen-bond donors (Lipinski definition) is 1. The lowest BCUT2D eigenvalue weighted by atomic mass is 9.98. The summed E-state index contributed by atoms with van der Waals surface area (Å²) in [4.78, 5) is 0. The third kappa shape index (κ3) is 4.50. The van der Waals surface area contributed by atoms with Crippen molar-refractivity contribution in [2.24, 2.45) is 11.7 Å². The first-order valence-electron chi connectivity index (χ1n) is 5.68. The van der Waals surface area contributed by atoms with Gasteiger partial charge >= 0.3 is 0 Å². The second-order valence-corrected chi connectivity index (χ2v) is 5.07. The monoisotopic (exact) mass is 243 g/mol. The molecule has 0 heterocycles. The number of hydrogen-bond acceptors (Lipinski definition) is 1. The average molecular weight is 244 g/mol. The minimum absolute atomic E-state index is 0.166. The largest absolute Gasteiger partial charge is 0.328 e. The molecule has 0 aliphatic rings. The Balaban J connectivity index is 2.51. The molecule has 16 heavy (non-hydrogen) atoms. The Morgan fingerprint density at radius 2 is 2.06 bits per heavy atom. The molecule has 0 saturated heterocycles. The molecule has 3 heteroatoms. The summed E-state index contributed by atoms with van der Waals surface area (Å²) in [5, 5.41) is 0.623. The lowest BCUT2D eigenvalue weighted by molar-refractivity contribution is 0.473. The molecule has 0 amide bonds. The van der Waals surface area contributed by atoms with Gasteiger partial charge in [0.15, 0.2) is 0 Å². The molecule has 0 spiro atoms. The van der Waals surface area contributed by atoms with Crippen molar-refractivity contribution in [2.75, 3.05) is 0 Å². The van der Waals surface area contributed by atoms with Crippen LogP contribution in [0.5, 0.6) is 0 Å². The molecule has 0 fully saturated rings. The van der Waals surface area contributed by atoms with Crippen LogP contribution < -0.4 is 5.73 Å². The molecule has 0 aromatic heterocycles. The van der Waals surface area contributed by atoms with Gasteiger partial charge in [-0.15, -0.1) is 0 Å². The van der Waals surface area contributed by atoms with E-state index in [2.05, 4.69) is 13.8 Å². The molecule has 90 valence electrons. The highest BCUT2D eigenvalue weighted by Crippen LogP contribution is 2.19. The van der Waals surface area contributed by atoms with E-state index in [4.69, 9.17) is 17.3 Å². The van der Waals surface area contributed by atoms with E-state index in [0.29, 0.717) is 10.9 Å². The molecular formula is C13H19ClFN. The molecule has 0 aliphatic carbocycles. The summed E-state index contributed by atoms with van der Waals surface area (Å²) in [5.74, 6) is 0.356. The van der Waals surface area contributed by atoms with Crippen LogP contribution in [0.4, 0.5) is 4.39 Å². The van der Waals surface area contributed by atoms with E-state index in [1.54, 1.807) is 6.07 Å². The Bertz CT molecular complexity index is 339. The second kappa shape index (κ2) is 6.21. The Kier molecular flexibility index (Phi) is 5.23. The van der Waals surface area contributed by atoms with Gasteiger partial charge < -0.3 is 5.73 Å². The zero-order chi connectivity index (χ0) is 12.1. The topological polar surface area (TPSA) is 26.0 Å². The van der Waals surface area contributed by atoms with Crippen LogP contribution in [0.3, 0.4) is 0 Å². The summed E-state index contributed by atoms with van der Waals surface area (Å²) in [6.45, 7) is 4.30. The van der Waals surface area contributed by atoms with Crippen LogP contribution in [-0.4, -0.2) is 6.04 Å². The average Bonchev–Trinajstić information content (AvgIpc) is 2.18. The zero-order valence-corrected chi connectivity index (χ0v) is 10.6. The van der Waals surface area contributed by atoms with Gasteiger partial charge in [0.05, 0.1) is 0 Å². The molecule has 0 saturated carbocycles. The van der Waals surface area contributed by atoms with Crippen molar-refractivity contribution >= 4 is 11.6 Å². The van der Waals surface area contributed by atoms with Crippen molar-refractivity contribution in [3.8, 4) is 0 Å². The van der Waals surface area contributed by atoms with Crippen LogP contribution in [-0.2, 0) is 6.42 Å². The van der Waals surface area contributed by atoms with Crippen molar-refractivity contribution in [3.63, 3.8) is 0 Å². The van der Waals surface area contributed by atoms with E-state index >= 15 is 0 Å². The van der Waals surface area contributed by atoms with Crippen molar-refractivity contribution in [1.29, 1.82) is 0 Å². The van der Waals surface area contributed by atoms with Gasteiger partial charge in [-0.25, -0.2) is 4.39 Å². The Morgan fingerprint density at radius 1 is 1.38 bits per heavy atom. The van der Waals surface area contributed by atoms with Gasteiger partial charge in [0.2, 0.25) is 0 Å². The Morgan fingerprint density at radius 3 is 2.69 bits per heavy atom. The first-order chi connectivity index (χ1) is 7.49. The summed E-state index contributed by atoms with van der Waals surface area (Å²) in [6.07, 6.45) is 2.58. The van der Waals surface area contributed by atoms with E-state index in [-0.39, 0.29) is 11.9 Å². The molecule has 0 bridgehead atoms. The highest BCUT2D eigenvalue weighted by Gasteiger charge is 2.08. The number of nitrogens with two attached hydrogens (primary N) is 1. The highest BCUT2D eigenvalue weighted by atomic mass is 35.5. The second-order valence-electron chi connectivity index (χ2n) is 4.66. The van der Waals surface area contributed by atoms with Crippen LogP contribution >= 0.6 is 11.6 Å². The maximum Gasteiger partial charge on any atom is 0.123 e. The molecular weight excluding hydrogens is 225 g/mol. The van der Waals surface area contributed by atoms with Crippen molar-refractivity contribution in [3.05, 3.63) is 34.6 Å². The third-order valence-electron chi connectivity index (χ3n) is 2.57. The number of benzene rings is 1. The Hall–Kier alpha value is -0.600. The van der Waals surface area contributed by atoms with Gasteiger partial charge in [-0.3, -0.25) is 0 Å². The summed E-state index contributed by atoms with van der Waals surface area (Å²) in [6, 6.07) is 4.63. The summed E-state index contributed by atoms with van der Waals surface area (Å²) < 4.78 is 13.0. The summed E-state index contributed by atoms with van der Waals surface area (Å²) in [5.41, 5.74) is 6.82. The van der Waals surface area contributed by atoms with Gasteiger partial charge in [0.1, 0.15) is 5.82 Å². The van der Waals surface area contributed by atoms with Crippen molar-refractivity contribution in [2.45, 2.75) is 39.2 Å². The molecule has 0 radical (unpaired) electrons. The van der Waals surface area contributed by atoms with E-state index in [9.17, 15) is 4.39 Å². The lowest BCUT2D eigenvalue weighted by Gasteiger charge is -2.14. The normalized spacial score (nSPS) is 13.1. The molecule has 0 aliphatic heterocycles. The number of rotatable bonds is 5. The molecule has 1 rings (SSSR count). The third-order valence-corrected chi connectivity index (χ3v) is 2.94. The fraction of sp³-hybridized carbons (Fsp3) is 0.538. The van der Waals surface area contributed by atoms with Gasteiger partial charge in [-0.1, -0.05) is 25.4 Å². The molecule has 1 unspecified atom stereocenters. The van der Waals surface area contributed by atoms with Gasteiger partial charge in [0.25, 0.3) is 0 Å². The highest BCUT2D eigenvalue weighted by molar-refractivity contribution is 6.31. The fourth-order valence-electron chi connectivity index (χ4n) is 1.80. The molecule has 1 aromatic carbocycles. The quantitative estimate of drug-likeness (QED) is 0.837. The molecule has 1 nitrogen and oxygen atoms in total. The summed E-state index contributed by atoms with van der Waals surface area (Å²) in [7, 11) is 0. The number of halogens is 2. The van der Waals surface area contributed by atoms with Crippen LogP contribution in [0.2, 0.25) is 5.02 Å². The van der Waals surface area contributed by atoms with E-state index in [1.807, 2.05) is 0 Å². The first kappa shape index (κ1) is 13.5. The van der Waals surface area contributed by atoms with Gasteiger partial charge in [0, 0.05) is 11.1 Å². The molecule has 1 atom stereocenters. The zero-order valence-electron chi connectivity index (χ0n) is 9.84. The van der Waals surface area contributed by atoms with Crippen molar-refractivity contribution < 1.29 is 4.39 Å². The Labute approximate surface area is 102 Å². The minimum Gasteiger partial charge on any atom is -0.328 e. The SMILES string of the molecule is CC(C)CC(N)CCc1cc(F)ccc1Cl. The van der Waals surface area contributed by atoms with Crippen LogP contribution in [0.15, 0.2) is 18.2 Å². The van der Waals surface area contributed by atoms with E-state index in [0.717, 1.165) is 24.8 Å². The fourth-order valence-corrected chi connectivity index (χ4v) is 2.01. The first-order valence-corrected chi connectivity index (χ1v) is 6.06. The maximum atomic E-state index is 13.0. The minimum atomic E-state index is -0.239. The van der Waals surface area contributed by atoms with Crippen molar-refractivity contribution in [1.82, 2.24) is 0 Å². The predicted molar refractivity (Wildman–Crippen MR) is 67.2 cm³/mol. The summed E-state index contributed by atoms with van der Waals surface area (Å²) >= 11 is 5.98.